The van der Waals surface area contributed by atoms with E-state index in [9.17, 15) is 4.79 Å². The van der Waals surface area contributed by atoms with Gasteiger partial charge in [-0.15, -0.1) is 0 Å². The summed E-state index contributed by atoms with van der Waals surface area (Å²) in [5.74, 6) is 0.0685. The fourth-order valence-corrected chi connectivity index (χ4v) is 4.85. The third-order valence-electron chi connectivity index (χ3n) is 6.28. The molecule has 0 aliphatic carbocycles. The van der Waals surface area contributed by atoms with Gasteiger partial charge in [0.05, 0.1) is 0 Å². The van der Waals surface area contributed by atoms with E-state index < -0.39 is 5.66 Å². The summed E-state index contributed by atoms with van der Waals surface area (Å²) in [6, 6.07) is 20.0. The second-order valence-corrected chi connectivity index (χ2v) is 9.21. The number of amides is 1. The van der Waals surface area contributed by atoms with E-state index in [0.717, 1.165) is 29.7 Å². The highest BCUT2D eigenvalue weighted by molar-refractivity contribution is 7.82. The lowest BCUT2D eigenvalue weighted by Crippen LogP contribution is -2.46. The monoisotopic (exact) mass is 448 g/mol. The fourth-order valence-electron chi connectivity index (χ4n) is 4.41. The minimum atomic E-state index is -0.806. The normalized spacial score (nSPS) is 18.1. The molecular formula is C28H36N2OS. The van der Waals surface area contributed by atoms with Crippen molar-refractivity contribution in [2.24, 2.45) is 4.99 Å². The Morgan fingerprint density at radius 3 is 1.97 bits per heavy atom. The number of nitrogens with zero attached hydrogens (tertiary/aromatic N) is 2. The van der Waals surface area contributed by atoms with Gasteiger partial charge < -0.3 is 0 Å². The van der Waals surface area contributed by atoms with Crippen molar-refractivity contribution in [3.63, 3.8) is 0 Å². The van der Waals surface area contributed by atoms with E-state index in [1.165, 1.54) is 44.9 Å². The molecule has 0 aromatic heterocycles. The third kappa shape index (κ3) is 5.92. The molecule has 0 saturated heterocycles. The Labute approximate surface area is 198 Å². The van der Waals surface area contributed by atoms with E-state index in [0.29, 0.717) is 11.4 Å². The molecule has 1 amide bonds. The second kappa shape index (κ2) is 12.1. The number of hydrogen-bond donors (Lipinski definition) is 0. The predicted octanol–water partition coefficient (Wildman–Crippen LogP) is 7.44. The molecule has 1 aliphatic rings. The summed E-state index contributed by atoms with van der Waals surface area (Å²) in [5, 5.41) is 0. The van der Waals surface area contributed by atoms with E-state index in [4.69, 9.17) is 17.2 Å². The first-order valence-corrected chi connectivity index (χ1v) is 12.6. The summed E-state index contributed by atoms with van der Waals surface area (Å²) >= 11 is 5.81. The predicted molar refractivity (Wildman–Crippen MR) is 138 cm³/mol. The van der Waals surface area contributed by atoms with Crippen molar-refractivity contribution >= 4 is 28.8 Å². The summed E-state index contributed by atoms with van der Waals surface area (Å²) in [6.45, 7) is 4.25. The van der Waals surface area contributed by atoms with Crippen molar-refractivity contribution in [1.29, 1.82) is 0 Å². The zero-order chi connectivity index (χ0) is 22.8. The van der Waals surface area contributed by atoms with Crippen LogP contribution < -0.4 is 0 Å². The Bertz CT molecular complexity index is 910. The van der Waals surface area contributed by atoms with Gasteiger partial charge in [-0.1, -0.05) is 131 Å². The van der Waals surface area contributed by atoms with Crippen LogP contribution >= 0.6 is 12.2 Å². The number of rotatable bonds is 12. The molecule has 0 N–H and O–H groups in total. The van der Waals surface area contributed by atoms with Crippen molar-refractivity contribution in [2.45, 2.75) is 83.7 Å². The lowest BCUT2D eigenvalue weighted by molar-refractivity contribution is -0.131. The van der Waals surface area contributed by atoms with E-state index in [2.05, 4.69) is 6.92 Å². The number of aliphatic imine (C=N–C) groups is 1. The van der Waals surface area contributed by atoms with Crippen LogP contribution in [0.15, 0.2) is 65.7 Å². The highest BCUT2D eigenvalue weighted by Crippen LogP contribution is 2.37. The number of unbranched alkanes of at least 4 members (excludes halogenated alkanes) is 8. The first-order chi connectivity index (χ1) is 15.6. The van der Waals surface area contributed by atoms with Crippen molar-refractivity contribution in [1.82, 2.24) is 4.90 Å². The summed E-state index contributed by atoms with van der Waals surface area (Å²) in [7, 11) is 0. The summed E-state index contributed by atoms with van der Waals surface area (Å²) < 4.78 is 0. The van der Waals surface area contributed by atoms with Crippen LogP contribution in [0.25, 0.3) is 0 Å². The fraction of sp³-hybridized carbons (Fsp3) is 0.464. The number of hydrogen-bond acceptors (Lipinski definition) is 3. The highest BCUT2D eigenvalue weighted by Gasteiger charge is 2.45. The van der Waals surface area contributed by atoms with Gasteiger partial charge in [-0.05, 0) is 18.9 Å². The SMILES string of the molecule is CCCCCCCCCCCC(=O)N1C(=S)C(c2ccccc2)=NC1(C)c1ccccc1. The van der Waals surface area contributed by atoms with Gasteiger partial charge in [0.15, 0.2) is 5.66 Å². The van der Waals surface area contributed by atoms with Crippen molar-refractivity contribution < 1.29 is 4.79 Å². The Hall–Kier alpha value is -2.33. The van der Waals surface area contributed by atoms with Gasteiger partial charge in [0.2, 0.25) is 5.91 Å². The molecule has 1 aliphatic heterocycles. The molecule has 1 heterocycles. The van der Waals surface area contributed by atoms with Crippen LogP contribution in [0.4, 0.5) is 0 Å². The van der Waals surface area contributed by atoms with Crippen LogP contribution in [0.2, 0.25) is 0 Å². The lowest BCUT2D eigenvalue weighted by Gasteiger charge is -2.33. The minimum Gasteiger partial charge on any atom is -0.274 e. The van der Waals surface area contributed by atoms with Crippen LogP contribution in [-0.2, 0) is 10.5 Å². The number of carbonyl (C=O) groups is 1. The van der Waals surface area contributed by atoms with E-state index >= 15 is 0 Å². The molecule has 1 atom stereocenters. The number of thiocarbonyl (C=S) groups is 1. The molecule has 0 saturated carbocycles. The standard InChI is InChI=1S/C28H36N2OS/c1-3-4-5-6-7-8-9-10-17-22-25(31)30-27(32)26(23-18-13-11-14-19-23)29-28(30,2)24-20-15-12-16-21-24/h11-16,18-21H,3-10,17,22H2,1-2H3. The molecule has 0 spiro atoms. The molecule has 3 nitrogen and oxygen atoms in total. The zero-order valence-electron chi connectivity index (χ0n) is 19.6. The Kier molecular flexibility index (Phi) is 9.16. The molecule has 32 heavy (non-hydrogen) atoms. The molecule has 0 fully saturated rings. The molecule has 2 aromatic rings. The van der Waals surface area contributed by atoms with Crippen molar-refractivity contribution in [3.05, 3.63) is 71.8 Å². The Balaban J connectivity index is 1.65. The molecule has 2 aromatic carbocycles. The second-order valence-electron chi connectivity index (χ2n) is 8.83. The van der Waals surface area contributed by atoms with Gasteiger partial charge >= 0.3 is 0 Å². The van der Waals surface area contributed by atoms with E-state index in [1.807, 2.05) is 67.6 Å². The van der Waals surface area contributed by atoms with Crippen molar-refractivity contribution in [2.75, 3.05) is 0 Å². The molecule has 4 heteroatoms. The molecule has 0 radical (unpaired) electrons. The summed E-state index contributed by atoms with van der Waals surface area (Å²) in [6.07, 6.45) is 11.6. The minimum absolute atomic E-state index is 0.0685. The smallest absolute Gasteiger partial charge is 0.229 e. The van der Waals surface area contributed by atoms with Gasteiger partial charge in [0, 0.05) is 12.0 Å². The summed E-state index contributed by atoms with van der Waals surface area (Å²) in [4.78, 5) is 20.7. The maximum atomic E-state index is 13.4. The molecule has 3 rings (SSSR count). The van der Waals surface area contributed by atoms with Gasteiger partial charge in [-0.2, -0.15) is 0 Å². The number of carbonyl (C=O) groups excluding carboxylic acids is 1. The van der Waals surface area contributed by atoms with Crippen LogP contribution in [-0.4, -0.2) is 21.5 Å². The maximum Gasteiger partial charge on any atom is 0.229 e. The lowest BCUT2D eigenvalue weighted by atomic mass is 10.00. The largest absolute Gasteiger partial charge is 0.274 e. The van der Waals surface area contributed by atoms with Crippen LogP contribution in [0.5, 0.6) is 0 Å². The first-order valence-electron chi connectivity index (χ1n) is 12.2. The first kappa shape index (κ1) is 24.3. The average Bonchev–Trinajstić information content (AvgIpc) is 3.10. The molecule has 1 unspecified atom stereocenters. The maximum absolute atomic E-state index is 13.4. The zero-order valence-corrected chi connectivity index (χ0v) is 20.4. The van der Waals surface area contributed by atoms with Gasteiger partial charge in [-0.3, -0.25) is 9.69 Å². The van der Waals surface area contributed by atoms with E-state index in [1.54, 1.807) is 4.90 Å². The van der Waals surface area contributed by atoms with Gasteiger partial charge in [0.1, 0.15) is 10.7 Å². The van der Waals surface area contributed by atoms with E-state index in [-0.39, 0.29) is 5.91 Å². The Morgan fingerprint density at radius 1 is 0.844 bits per heavy atom. The third-order valence-corrected chi connectivity index (χ3v) is 6.66. The van der Waals surface area contributed by atoms with Crippen LogP contribution in [0, 0.1) is 0 Å². The average molecular weight is 449 g/mol. The van der Waals surface area contributed by atoms with Crippen LogP contribution in [0.3, 0.4) is 0 Å². The Morgan fingerprint density at radius 2 is 1.38 bits per heavy atom. The molecule has 170 valence electrons. The van der Waals surface area contributed by atoms with Gasteiger partial charge in [-0.25, -0.2) is 4.99 Å². The summed E-state index contributed by atoms with van der Waals surface area (Å²) in [5.41, 5.74) is 1.86. The highest BCUT2D eigenvalue weighted by atomic mass is 32.1. The molecule has 0 bridgehead atoms. The number of benzene rings is 2. The van der Waals surface area contributed by atoms with Crippen molar-refractivity contribution in [3.8, 4) is 0 Å². The quantitative estimate of drug-likeness (QED) is 0.250. The topological polar surface area (TPSA) is 32.7 Å². The molecular weight excluding hydrogens is 412 g/mol. The van der Waals surface area contributed by atoms with Crippen LogP contribution in [0.1, 0.15) is 89.2 Å². The van der Waals surface area contributed by atoms with Gasteiger partial charge in [0.25, 0.3) is 0 Å².